The molecular formula is C16H23NOS. The highest BCUT2D eigenvalue weighted by Gasteiger charge is 2.24. The molecule has 3 rings (SSSR count). The number of carbonyl (C=O) groups excluding carboxylic acids is 1. The number of fused-ring (bicyclic) bond motifs is 1. The fraction of sp³-hybridized carbons (Fsp3) is 0.688. The van der Waals surface area contributed by atoms with Crippen molar-refractivity contribution in [2.45, 2.75) is 57.8 Å². The molecule has 0 bridgehead atoms. The van der Waals surface area contributed by atoms with Crippen molar-refractivity contribution in [3.63, 3.8) is 0 Å². The largest absolute Gasteiger partial charge is 0.339 e. The van der Waals surface area contributed by atoms with Crippen LogP contribution in [-0.4, -0.2) is 23.9 Å². The summed E-state index contributed by atoms with van der Waals surface area (Å²) in [6, 6.07) is 0. The second kappa shape index (κ2) is 6.08. The molecule has 2 aliphatic rings. The predicted octanol–water partition coefficient (Wildman–Crippen LogP) is 4.03. The molecule has 19 heavy (non-hydrogen) atoms. The van der Waals surface area contributed by atoms with Gasteiger partial charge in [0.15, 0.2) is 0 Å². The fourth-order valence-electron chi connectivity index (χ4n) is 3.29. The quantitative estimate of drug-likeness (QED) is 0.759. The molecule has 0 atom stereocenters. The summed E-state index contributed by atoms with van der Waals surface area (Å²) in [4.78, 5) is 16.3. The lowest BCUT2D eigenvalue weighted by Crippen LogP contribution is -2.34. The fourth-order valence-corrected chi connectivity index (χ4v) is 4.41. The second-order valence-corrected chi connectivity index (χ2v) is 6.78. The number of hydrogen-bond donors (Lipinski definition) is 0. The normalized spacial score (nSPS) is 20.5. The van der Waals surface area contributed by atoms with E-state index in [1.807, 2.05) is 0 Å². The highest BCUT2D eigenvalue weighted by atomic mass is 32.1. The van der Waals surface area contributed by atoms with Crippen LogP contribution in [0.3, 0.4) is 0 Å². The maximum absolute atomic E-state index is 12.7. The topological polar surface area (TPSA) is 20.3 Å². The maximum Gasteiger partial charge on any atom is 0.254 e. The van der Waals surface area contributed by atoms with Crippen molar-refractivity contribution in [1.82, 2.24) is 4.90 Å². The van der Waals surface area contributed by atoms with Gasteiger partial charge in [-0.1, -0.05) is 19.3 Å². The molecule has 1 aromatic heterocycles. The van der Waals surface area contributed by atoms with Gasteiger partial charge in [-0.3, -0.25) is 4.79 Å². The van der Waals surface area contributed by atoms with E-state index in [4.69, 9.17) is 0 Å². The van der Waals surface area contributed by atoms with Crippen LogP contribution < -0.4 is 0 Å². The zero-order valence-corrected chi connectivity index (χ0v) is 12.4. The molecule has 104 valence electrons. The molecule has 0 aromatic carbocycles. The van der Waals surface area contributed by atoms with Crippen molar-refractivity contribution >= 4 is 17.2 Å². The van der Waals surface area contributed by atoms with Gasteiger partial charge in [0, 0.05) is 23.3 Å². The highest BCUT2D eigenvalue weighted by molar-refractivity contribution is 7.10. The summed E-state index contributed by atoms with van der Waals surface area (Å²) in [6.07, 6.45) is 11.1. The third-order valence-electron chi connectivity index (χ3n) is 4.44. The minimum Gasteiger partial charge on any atom is -0.339 e. The zero-order chi connectivity index (χ0) is 13.1. The molecule has 0 spiro atoms. The van der Waals surface area contributed by atoms with E-state index in [1.54, 1.807) is 11.3 Å². The van der Waals surface area contributed by atoms with Crippen LogP contribution in [-0.2, 0) is 12.8 Å². The van der Waals surface area contributed by atoms with Gasteiger partial charge in [-0.2, -0.15) is 0 Å². The molecular weight excluding hydrogens is 254 g/mol. The molecule has 1 aliphatic carbocycles. The van der Waals surface area contributed by atoms with Gasteiger partial charge in [0.05, 0.1) is 5.56 Å². The van der Waals surface area contributed by atoms with E-state index in [0.717, 1.165) is 25.1 Å². The molecule has 1 aliphatic heterocycles. The molecule has 0 radical (unpaired) electrons. The van der Waals surface area contributed by atoms with Gasteiger partial charge < -0.3 is 4.90 Å². The molecule has 0 N–H and O–H groups in total. The number of likely N-dealkylation sites (tertiary alicyclic amines) is 1. The first-order chi connectivity index (χ1) is 9.36. The van der Waals surface area contributed by atoms with E-state index in [-0.39, 0.29) is 0 Å². The molecule has 1 fully saturated rings. The minimum absolute atomic E-state index is 0.307. The van der Waals surface area contributed by atoms with Crippen molar-refractivity contribution in [3.8, 4) is 0 Å². The van der Waals surface area contributed by atoms with Crippen LogP contribution in [0.1, 0.15) is 65.7 Å². The predicted molar refractivity (Wildman–Crippen MR) is 79.9 cm³/mol. The number of nitrogens with zero attached hydrogens (tertiary/aromatic N) is 1. The molecule has 1 saturated heterocycles. The monoisotopic (exact) mass is 277 g/mol. The third-order valence-corrected chi connectivity index (χ3v) is 5.52. The van der Waals surface area contributed by atoms with Gasteiger partial charge in [-0.25, -0.2) is 0 Å². The van der Waals surface area contributed by atoms with Gasteiger partial charge in [0.25, 0.3) is 5.91 Å². The number of thiophene rings is 1. The van der Waals surface area contributed by atoms with E-state index in [9.17, 15) is 4.79 Å². The lowest BCUT2D eigenvalue weighted by Gasteiger charge is -2.25. The number of rotatable bonds is 1. The smallest absolute Gasteiger partial charge is 0.254 e. The molecule has 2 nitrogen and oxygen atoms in total. The third kappa shape index (κ3) is 2.86. The van der Waals surface area contributed by atoms with Gasteiger partial charge in [-0.05, 0) is 44.1 Å². The Morgan fingerprint density at radius 2 is 1.63 bits per heavy atom. The molecule has 0 saturated carbocycles. The van der Waals surface area contributed by atoms with Gasteiger partial charge in [0.1, 0.15) is 0 Å². The Balaban J connectivity index is 1.76. The Labute approximate surface area is 119 Å². The Kier molecular flexibility index (Phi) is 4.21. The SMILES string of the molecule is O=C(c1csc2c1CCCC2)N1CCCCCCC1. The standard InChI is InChI=1S/C16H23NOS/c18-16(17-10-6-2-1-3-7-11-17)14-12-19-15-9-5-4-8-13(14)15/h12H,1-11H2. The molecule has 2 heterocycles. The Bertz CT molecular complexity index is 444. The van der Waals surface area contributed by atoms with Crippen LogP contribution in [0.25, 0.3) is 0 Å². The molecule has 0 unspecified atom stereocenters. The van der Waals surface area contributed by atoms with Gasteiger partial charge in [0.2, 0.25) is 0 Å². The minimum atomic E-state index is 0.307. The van der Waals surface area contributed by atoms with Crippen LogP contribution >= 0.6 is 11.3 Å². The summed E-state index contributed by atoms with van der Waals surface area (Å²) >= 11 is 1.81. The van der Waals surface area contributed by atoms with E-state index >= 15 is 0 Å². The summed E-state index contributed by atoms with van der Waals surface area (Å²) in [5, 5.41) is 2.12. The molecule has 1 amide bonds. The van der Waals surface area contributed by atoms with Crippen LogP contribution in [0.2, 0.25) is 0 Å². The average molecular weight is 277 g/mol. The first kappa shape index (κ1) is 13.2. The number of carbonyl (C=O) groups is 1. The first-order valence-corrected chi connectivity index (χ1v) is 8.63. The van der Waals surface area contributed by atoms with Gasteiger partial charge >= 0.3 is 0 Å². The van der Waals surface area contributed by atoms with E-state index in [0.29, 0.717) is 5.91 Å². The zero-order valence-electron chi connectivity index (χ0n) is 11.6. The van der Waals surface area contributed by atoms with Crippen LogP contribution in [0, 0.1) is 0 Å². The lowest BCUT2D eigenvalue weighted by molar-refractivity contribution is 0.0741. The van der Waals surface area contributed by atoms with E-state index in [1.165, 1.54) is 61.8 Å². The van der Waals surface area contributed by atoms with Crippen LogP contribution in [0.5, 0.6) is 0 Å². The van der Waals surface area contributed by atoms with E-state index < -0.39 is 0 Å². The van der Waals surface area contributed by atoms with Crippen molar-refractivity contribution in [2.75, 3.05) is 13.1 Å². The van der Waals surface area contributed by atoms with E-state index in [2.05, 4.69) is 10.3 Å². The lowest BCUT2D eigenvalue weighted by atomic mass is 9.95. The number of hydrogen-bond acceptors (Lipinski definition) is 2. The second-order valence-electron chi connectivity index (χ2n) is 5.82. The summed E-state index contributed by atoms with van der Waals surface area (Å²) in [5.41, 5.74) is 2.41. The van der Waals surface area contributed by atoms with Crippen molar-refractivity contribution < 1.29 is 4.79 Å². The Morgan fingerprint density at radius 3 is 2.42 bits per heavy atom. The number of amides is 1. The Morgan fingerprint density at radius 1 is 0.947 bits per heavy atom. The Hall–Kier alpha value is -0.830. The van der Waals surface area contributed by atoms with Crippen molar-refractivity contribution in [1.29, 1.82) is 0 Å². The van der Waals surface area contributed by atoms with Crippen LogP contribution in [0.15, 0.2) is 5.38 Å². The maximum atomic E-state index is 12.7. The summed E-state index contributed by atoms with van der Waals surface area (Å²) < 4.78 is 0. The number of aryl methyl sites for hydroxylation is 1. The van der Waals surface area contributed by atoms with Gasteiger partial charge in [-0.15, -0.1) is 11.3 Å². The van der Waals surface area contributed by atoms with Crippen molar-refractivity contribution in [3.05, 3.63) is 21.4 Å². The highest BCUT2D eigenvalue weighted by Crippen LogP contribution is 2.31. The average Bonchev–Trinajstić information content (AvgIpc) is 2.81. The first-order valence-electron chi connectivity index (χ1n) is 7.75. The van der Waals surface area contributed by atoms with Crippen molar-refractivity contribution in [2.24, 2.45) is 0 Å². The summed E-state index contributed by atoms with van der Waals surface area (Å²) in [6.45, 7) is 1.92. The molecule has 3 heteroatoms. The molecule has 1 aromatic rings. The van der Waals surface area contributed by atoms with Crippen LogP contribution in [0.4, 0.5) is 0 Å². The summed E-state index contributed by atoms with van der Waals surface area (Å²) in [5.74, 6) is 0.307. The summed E-state index contributed by atoms with van der Waals surface area (Å²) in [7, 11) is 0.